The number of carbonyl (C=O) groups is 1. The lowest BCUT2D eigenvalue weighted by Gasteiger charge is -2.08. The van der Waals surface area contributed by atoms with Crippen LogP contribution in [0.2, 0.25) is 0 Å². The molecule has 0 fully saturated rings. The Hall–Kier alpha value is -2.54. The van der Waals surface area contributed by atoms with Gasteiger partial charge in [0, 0.05) is 10.0 Å². The molecule has 0 radical (unpaired) electrons. The maximum absolute atomic E-state index is 11.4. The Morgan fingerprint density at radius 2 is 2.04 bits per heavy atom. The maximum atomic E-state index is 11.4. The predicted octanol–water partition coefficient (Wildman–Crippen LogP) is 3.79. The topological polar surface area (TPSA) is 80.2 Å². The zero-order chi connectivity index (χ0) is 17.5. The van der Waals surface area contributed by atoms with Gasteiger partial charge in [0.15, 0.2) is 11.5 Å². The largest absolute Gasteiger partial charge is 0.504 e. The third-order valence-electron chi connectivity index (χ3n) is 3.08. The first-order chi connectivity index (χ1) is 11.5. The van der Waals surface area contributed by atoms with Crippen molar-refractivity contribution in [2.24, 2.45) is 5.10 Å². The number of methoxy groups -OCH3 is 1. The van der Waals surface area contributed by atoms with Crippen LogP contribution >= 0.6 is 15.9 Å². The van der Waals surface area contributed by atoms with Crippen LogP contribution in [0.15, 0.2) is 46.0 Å². The number of hydrogen-bond acceptors (Lipinski definition) is 6. The molecule has 0 bridgehead atoms. The van der Waals surface area contributed by atoms with E-state index in [0.29, 0.717) is 22.4 Å². The number of nitrogens with one attached hydrogen (secondary N) is 1. The van der Waals surface area contributed by atoms with Crippen LogP contribution in [-0.2, 0) is 4.74 Å². The normalized spacial score (nSPS) is 10.6. The summed E-state index contributed by atoms with van der Waals surface area (Å²) in [5, 5.41) is 13.9. The van der Waals surface area contributed by atoms with Crippen molar-refractivity contribution in [3.05, 3.63) is 52.0 Å². The van der Waals surface area contributed by atoms with Gasteiger partial charge >= 0.3 is 5.97 Å². The second kappa shape index (κ2) is 8.35. The number of halogens is 1. The van der Waals surface area contributed by atoms with E-state index in [-0.39, 0.29) is 11.7 Å². The van der Waals surface area contributed by atoms with Gasteiger partial charge in [-0.25, -0.2) is 4.79 Å². The van der Waals surface area contributed by atoms with Crippen molar-refractivity contribution in [3.8, 4) is 11.5 Å². The molecule has 0 heterocycles. The number of rotatable bonds is 6. The minimum Gasteiger partial charge on any atom is -0.504 e. The number of nitrogens with zero attached hydrogens (tertiary/aromatic N) is 1. The van der Waals surface area contributed by atoms with Crippen molar-refractivity contribution in [2.45, 2.75) is 6.92 Å². The van der Waals surface area contributed by atoms with Crippen molar-refractivity contribution in [1.82, 2.24) is 0 Å². The van der Waals surface area contributed by atoms with E-state index >= 15 is 0 Å². The number of carbonyl (C=O) groups excluding carboxylic acids is 1. The standard InChI is InChI=1S/C17H17BrN2O4/c1-3-24-16-8-12(14(18)9-15(16)21)10-19-20-13-6-4-11(5-7-13)17(22)23-2/h4-10,20-21H,3H2,1-2H3/b19-10+. The van der Waals surface area contributed by atoms with Gasteiger partial charge in [-0.3, -0.25) is 5.43 Å². The molecule has 2 rings (SSSR count). The first kappa shape index (κ1) is 17.8. The quantitative estimate of drug-likeness (QED) is 0.444. The number of phenols is 1. The van der Waals surface area contributed by atoms with E-state index < -0.39 is 0 Å². The number of benzene rings is 2. The molecule has 126 valence electrons. The van der Waals surface area contributed by atoms with E-state index in [1.54, 1.807) is 42.6 Å². The summed E-state index contributed by atoms with van der Waals surface area (Å²) in [5.74, 6) is 0.0679. The van der Waals surface area contributed by atoms with Crippen molar-refractivity contribution in [1.29, 1.82) is 0 Å². The Balaban J connectivity index is 2.08. The van der Waals surface area contributed by atoms with Gasteiger partial charge in [-0.1, -0.05) is 0 Å². The molecular formula is C17H17BrN2O4. The fourth-order valence-electron chi connectivity index (χ4n) is 1.90. The van der Waals surface area contributed by atoms with Gasteiger partial charge in [0.1, 0.15) is 0 Å². The second-order valence-electron chi connectivity index (χ2n) is 4.71. The monoisotopic (exact) mass is 392 g/mol. The first-order valence-electron chi connectivity index (χ1n) is 7.18. The number of hydrazone groups is 1. The molecule has 7 heteroatoms. The summed E-state index contributed by atoms with van der Waals surface area (Å²) in [6, 6.07) is 9.98. The van der Waals surface area contributed by atoms with Crippen LogP contribution in [-0.4, -0.2) is 31.0 Å². The number of hydrogen-bond donors (Lipinski definition) is 2. The molecule has 0 aliphatic carbocycles. The SMILES string of the molecule is CCOc1cc(/C=N/Nc2ccc(C(=O)OC)cc2)c(Br)cc1O. The number of ether oxygens (including phenoxy) is 2. The highest BCUT2D eigenvalue weighted by atomic mass is 79.9. The minimum absolute atomic E-state index is 0.0623. The molecule has 2 N–H and O–H groups in total. The summed E-state index contributed by atoms with van der Waals surface area (Å²) in [7, 11) is 1.34. The zero-order valence-electron chi connectivity index (χ0n) is 13.2. The second-order valence-corrected chi connectivity index (χ2v) is 5.57. The molecule has 2 aromatic rings. The van der Waals surface area contributed by atoms with Crippen LogP contribution in [0.1, 0.15) is 22.8 Å². The average Bonchev–Trinajstić information content (AvgIpc) is 2.58. The van der Waals surface area contributed by atoms with Crippen molar-refractivity contribution in [3.63, 3.8) is 0 Å². The van der Waals surface area contributed by atoms with E-state index in [2.05, 4.69) is 31.2 Å². The van der Waals surface area contributed by atoms with E-state index in [0.717, 1.165) is 11.3 Å². The van der Waals surface area contributed by atoms with Crippen LogP contribution in [0.5, 0.6) is 11.5 Å². The molecule has 0 saturated heterocycles. The molecule has 2 aromatic carbocycles. The van der Waals surface area contributed by atoms with Gasteiger partial charge in [-0.2, -0.15) is 5.10 Å². The van der Waals surface area contributed by atoms with Gasteiger partial charge < -0.3 is 14.6 Å². The van der Waals surface area contributed by atoms with Gasteiger partial charge in [-0.15, -0.1) is 0 Å². The zero-order valence-corrected chi connectivity index (χ0v) is 14.8. The third-order valence-corrected chi connectivity index (χ3v) is 3.77. The summed E-state index contributed by atoms with van der Waals surface area (Å²) < 4.78 is 10.7. The maximum Gasteiger partial charge on any atom is 0.337 e. The Kier molecular flexibility index (Phi) is 6.20. The molecule has 0 aliphatic rings. The summed E-state index contributed by atoms with van der Waals surface area (Å²) in [6.07, 6.45) is 1.60. The summed E-state index contributed by atoms with van der Waals surface area (Å²) in [6.45, 7) is 2.30. The molecular weight excluding hydrogens is 376 g/mol. The molecule has 0 atom stereocenters. The van der Waals surface area contributed by atoms with Crippen LogP contribution in [0.25, 0.3) is 0 Å². The van der Waals surface area contributed by atoms with Crippen LogP contribution in [0.3, 0.4) is 0 Å². The molecule has 0 spiro atoms. The number of aromatic hydroxyl groups is 1. The third kappa shape index (κ3) is 4.48. The lowest BCUT2D eigenvalue weighted by Crippen LogP contribution is -2.01. The molecule has 0 amide bonds. The first-order valence-corrected chi connectivity index (χ1v) is 7.97. The van der Waals surface area contributed by atoms with E-state index in [1.807, 2.05) is 6.92 Å². The van der Waals surface area contributed by atoms with E-state index in [1.165, 1.54) is 7.11 Å². The fourth-order valence-corrected chi connectivity index (χ4v) is 2.34. The number of phenolic OH excluding ortho intramolecular Hbond substituents is 1. The highest BCUT2D eigenvalue weighted by Crippen LogP contribution is 2.31. The molecule has 0 saturated carbocycles. The molecule has 0 unspecified atom stereocenters. The van der Waals surface area contributed by atoms with E-state index in [9.17, 15) is 9.90 Å². The Morgan fingerprint density at radius 3 is 2.67 bits per heavy atom. The predicted molar refractivity (Wildman–Crippen MR) is 96.0 cm³/mol. The van der Waals surface area contributed by atoms with Crippen molar-refractivity contribution < 1.29 is 19.4 Å². The molecule has 24 heavy (non-hydrogen) atoms. The molecule has 0 aliphatic heterocycles. The minimum atomic E-state index is -0.387. The smallest absolute Gasteiger partial charge is 0.337 e. The molecule has 6 nitrogen and oxygen atoms in total. The van der Waals surface area contributed by atoms with Crippen LogP contribution in [0, 0.1) is 0 Å². The Morgan fingerprint density at radius 1 is 1.33 bits per heavy atom. The summed E-state index contributed by atoms with van der Waals surface area (Å²) >= 11 is 3.37. The van der Waals surface area contributed by atoms with Crippen molar-refractivity contribution in [2.75, 3.05) is 19.1 Å². The Bertz CT molecular complexity index is 745. The van der Waals surface area contributed by atoms with Gasteiger partial charge in [-0.05, 0) is 59.3 Å². The highest BCUT2D eigenvalue weighted by molar-refractivity contribution is 9.10. The van der Waals surface area contributed by atoms with E-state index in [4.69, 9.17) is 4.74 Å². The summed E-state index contributed by atoms with van der Waals surface area (Å²) in [5.41, 5.74) is 4.80. The van der Waals surface area contributed by atoms with Gasteiger partial charge in [0.2, 0.25) is 0 Å². The average molecular weight is 393 g/mol. The number of anilines is 1. The molecule has 0 aromatic heterocycles. The van der Waals surface area contributed by atoms with Gasteiger partial charge in [0.05, 0.1) is 31.2 Å². The lowest BCUT2D eigenvalue weighted by atomic mass is 10.2. The highest BCUT2D eigenvalue weighted by Gasteiger charge is 2.07. The van der Waals surface area contributed by atoms with Crippen LogP contribution in [0.4, 0.5) is 5.69 Å². The van der Waals surface area contributed by atoms with Crippen LogP contribution < -0.4 is 10.2 Å². The number of esters is 1. The van der Waals surface area contributed by atoms with Crippen molar-refractivity contribution >= 4 is 33.8 Å². The fraction of sp³-hybridized carbons (Fsp3) is 0.176. The Labute approximate surface area is 148 Å². The summed E-state index contributed by atoms with van der Waals surface area (Å²) in [4.78, 5) is 11.4. The van der Waals surface area contributed by atoms with Gasteiger partial charge in [0.25, 0.3) is 0 Å². The lowest BCUT2D eigenvalue weighted by molar-refractivity contribution is 0.0601.